The first-order valence-corrected chi connectivity index (χ1v) is 8.40. The summed E-state index contributed by atoms with van der Waals surface area (Å²) in [6.45, 7) is -1.54. The molecular weight excluding hydrogens is 469 g/mol. The third-order valence-electron chi connectivity index (χ3n) is 3.90. The first-order chi connectivity index (χ1) is 14.3. The molecule has 2 aromatic carbocycles. The summed E-state index contributed by atoms with van der Waals surface area (Å²) < 4.78 is 15.6. The SMILES string of the molecule is O=C(O)COc1cc(OCC(=O)O)c2c(=O)c(-c3ccccc3)c(C(=O)O)oc2c1.[Na].[Na].[Na]. The Labute approximate surface area is 252 Å². The van der Waals surface area contributed by atoms with E-state index in [0.29, 0.717) is 0 Å². The van der Waals surface area contributed by atoms with Crippen molar-refractivity contribution in [1.82, 2.24) is 0 Å². The monoisotopic (exact) mass is 483 g/mol. The quantitative estimate of drug-likeness (QED) is 0.394. The normalized spacial score (nSPS) is 9.58. The molecule has 13 heteroatoms. The average molecular weight is 483 g/mol. The Bertz CT molecular complexity index is 1210. The van der Waals surface area contributed by atoms with E-state index in [9.17, 15) is 24.3 Å². The van der Waals surface area contributed by atoms with Gasteiger partial charge < -0.3 is 29.2 Å². The predicted molar refractivity (Wildman–Crippen MR) is 118 cm³/mol. The minimum atomic E-state index is -1.50. The number of fused-ring (bicyclic) bond motifs is 1. The summed E-state index contributed by atoms with van der Waals surface area (Å²) in [5.41, 5.74) is -0.985. The van der Waals surface area contributed by atoms with Crippen molar-refractivity contribution in [1.29, 1.82) is 0 Å². The molecule has 3 radical (unpaired) electrons. The van der Waals surface area contributed by atoms with Crippen molar-refractivity contribution in [2.45, 2.75) is 0 Å². The van der Waals surface area contributed by atoms with Gasteiger partial charge in [0.15, 0.2) is 13.2 Å². The van der Waals surface area contributed by atoms with Gasteiger partial charge in [-0.3, -0.25) is 4.79 Å². The Kier molecular flexibility index (Phi) is 13.6. The fourth-order valence-electron chi connectivity index (χ4n) is 2.76. The fourth-order valence-corrected chi connectivity index (χ4v) is 2.76. The fraction of sp³-hybridized carbons (Fsp3) is 0.100. The maximum atomic E-state index is 13.2. The van der Waals surface area contributed by atoms with E-state index >= 15 is 0 Å². The molecule has 0 aliphatic carbocycles. The molecule has 3 aromatic rings. The number of hydrogen-bond donors (Lipinski definition) is 3. The summed E-state index contributed by atoms with van der Waals surface area (Å²) >= 11 is 0. The molecule has 0 aliphatic heterocycles. The van der Waals surface area contributed by atoms with Crippen LogP contribution in [0.3, 0.4) is 0 Å². The number of ether oxygens (including phenoxy) is 2. The first kappa shape index (κ1) is 31.7. The third-order valence-corrected chi connectivity index (χ3v) is 3.90. The van der Waals surface area contributed by atoms with E-state index in [4.69, 9.17) is 24.1 Å². The number of carboxylic acid groups (broad SMARTS) is 3. The molecule has 0 aliphatic rings. The number of aliphatic carboxylic acids is 2. The van der Waals surface area contributed by atoms with Gasteiger partial charge in [-0.2, -0.15) is 0 Å². The van der Waals surface area contributed by atoms with Crippen LogP contribution in [0.1, 0.15) is 10.6 Å². The van der Waals surface area contributed by atoms with Gasteiger partial charge in [-0.05, 0) is 5.56 Å². The van der Waals surface area contributed by atoms with Crippen molar-refractivity contribution in [3.05, 3.63) is 58.4 Å². The second kappa shape index (κ2) is 14.1. The summed E-state index contributed by atoms with van der Waals surface area (Å²) in [5.74, 6) is -5.11. The number of carboxylic acids is 3. The molecule has 0 fully saturated rings. The summed E-state index contributed by atoms with van der Waals surface area (Å²) in [6, 6.07) is 10.2. The van der Waals surface area contributed by atoms with Crippen LogP contribution in [0.25, 0.3) is 22.1 Å². The largest absolute Gasteiger partial charge is 0.482 e. The molecule has 0 amide bonds. The van der Waals surface area contributed by atoms with E-state index in [1.54, 1.807) is 18.2 Å². The van der Waals surface area contributed by atoms with Crippen molar-refractivity contribution in [3.63, 3.8) is 0 Å². The van der Waals surface area contributed by atoms with Crippen LogP contribution in [-0.4, -0.2) is 135 Å². The molecule has 0 spiro atoms. The predicted octanol–water partition coefficient (Wildman–Crippen LogP) is 0.943. The zero-order valence-corrected chi connectivity index (χ0v) is 24.2. The molecule has 3 N–H and O–H groups in total. The first-order valence-electron chi connectivity index (χ1n) is 8.40. The van der Waals surface area contributed by atoms with Gasteiger partial charge in [-0.1, -0.05) is 30.3 Å². The van der Waals surface area contributed by atoms with E-state index in [1.165, 1.54) is 12.1 Å². The maximum Gasteiger partial charge on any atom is 0.372 e. The van der Waals surface area contributed by atoms with Crippen LogP contribution in [-0.2, 0) is 9.59 Å². The molecule has 0 saturated heterocycles. The Morgan fingerprint density at radius 2 is 1.42 bits per heavy atom. The van der Waals surface area contributed by atoms with E-state index in [1.807, 2.05) is 0 Å². The van der Waals surface area contributed by atoms with Crippen molar-refractivity contribution in [2.24, 2.45) is 0 Å². The zero-order valence-electron chi connectivity index (χ0n) is 18.2. The van der Waals surface area contributed by atoms with Crippen LogP contribution in [0.4, 0.5) is 0 Å². The van der Waals surface area contributed by atoms with E-state index in [0.717, 1.165) is 12.1 Å². The van der Waals surface area contributed by atoms with Crippen LogP contribution in [0, 0.1) is 0 Å². The molecule has 0 saturated carbocycles. The van der Waals surface area contributed by atoms with Gasteiger partial charge in [0.1, 0.15) is 22.5 Å². The molecule has 0 atom stereocenters. The molecule has 157 valence electrons. The number of carbonyl (C=O) groups is 3. The maximum absolute atomic E-state index is 13.2. The average Bonchev–Trinajstić information content (AvgIpc) is 2.70. The Balaban J connectivity index is 0.00000341. The van der Waals surface area contributed by atoms with E-state index in [2.05, 4.69) is 0 Å². The minimum absolute atomic E-state index is 0. The molecule has 33 heavy (non-hydrogen) atoms. The molecule has 3 rings (SSSR count). The van der Waals surface area contributed by atoms with Crippen LogP contribution in [0.15, 0.2) is 51.7 Å². The smallest absolute Gasteiger partial charge is 0.372 e. The van der Waals surface area contributed by atoms with Gasteiger partial charge in [0.2, 0.25) is 11.2 Å². The number of hydrogen-bond acceptors (Lipinski definition) is 7. The molecule has 10 nitrogen and oxygen atoms in total. The van der Waals surface area contributed by atoms with E-state index < -0.39 is 42.3 Å². The summed E-state index contributed by atoms with van der Waals surface area (Å²) in [7, 11) is 0. The van der Waals surface area contributed by atoms with Gasteiger partial charge in [0, 0.05) is 101 Å². The van der Waals surface area contributed by atoms with Crippen LogP contribution in [0.2, 0.25) is 0 Å². The van der Waals surface area contributed by atoms with Gasteiger partial charge in [0.25, 0.3) is 0 Å². The van der Waals surface area contributed by atoms with Crippen LogP contribution in [0.5, 0.6) is 11.5 Å². The Morgan fingerprint density at radius 1 is 0.848 bits per heavy atom. The zero-order chi connectivity index (χ0) is 21.8. The number of aromatic carboxylic acids is 1. The summed E-state index contributed by atoms with van der Waals surface area (Å²) in [5, 5.41) is 27.0. The molecule has 0 bridgehead atoms. The summed E-state index contributed by atoms with van der Waals surface area (Å²) in [6.07, 6.45) is 0. The summed E-state index contributed by atoms with van der Waals surface area (Å²) in [4.78, 5) is 46.6. The van der Waals surface area contributed by atoms with Crippen LogP contribution < -0.4 is 14.9 Å². The second-order valence-corrected chi connectivity index (χ2v) is 5.97. The molecule has 1 aromatic heterocycles. The van der Waals surface area contributed by atoms with Crippen molar-refractivity contribution >= 4 is 118 Å². The topological polar surface area (TPSA) is 161 Å². The van der Waals surface area contributed by atoms with Crippen molar-refractivity contribution < 1.29 is 43.6 Å². The minimum Gasteiger partial charge on any atom is -0.482 e. The molecule has 1 heterocycles. The van der Waals surface area contributed by atoms with Gasteiger partial charge in [-0.25, -0.2) is 14.4 Å². The second-order valence-electron chi connectivity index (χ2n) is 5.97. The van der Waals surface area contributed by atoms with Crippen molar-refractivity contribution in [3.8, 4) is 22.6 Å². The standard InChI is InChI=1S/C20H14O10.3Na/c21-14(22)8-28-11-6-12(29-9-15(23)24)17-13(7-11)30-19(20(26)27)16(18(17)25)10-4-2-1-3-5-10;;;/h1-7H,8-9H2,(H,21,22)(H,23,24)(H,26,27);;;. The third kappa shape index (κ3) is 7.84. The Morgan fingerprint density at radius 3 is 1.97 bits per heavy atom. The van der Waals surface area contributed by atoms with Crippen LogP contribution >= 0.6 is 0 Å². The Hall–Kier alpha value is -1.34. The van der Waals surface area contributed by atoms with E-state index in [-0.39, 0.29) is 122 Å². The molecule has 0 unspecified atom stereocenters. The van der Waals surface area contributed by atoms with Gasteiger partial charge in [-0.15, -0.1) is 0 Å². The van der Waals surface area contributed by atoms with Crippen molar-refractivity contribution in [2.75, 3.05) is 13.2 Å². The molecular formula is C20H14Na3O10. The van der Waals surface area contributed by atoms with Gasteiger partial charge >= 0.3 is 17.9 Å². The number of rotatable bonds is 8. The number of benzene rings is 2. The van der Waals surface area contributed by atoms with Gasteiger partial charge in [0.05, 0.1) is 5.56 Å².